The third kappa shape index (κ3) is 4.31. The molecule has 1 unspecified atom stereocenters. The average molecular weight is 391 g/mol. The minimum absolute atomic E-state index is 0.202. The van der Waals surface area contributed by atoms with Crippen molar-refractivity contribution >= 4 is 23.4 Å². The molecule has 1 aliphatic rings. The minimum atomic E-state index is -0.664. The Bertz CT molecular complexity index is 975. The van der Waals surface area contributed by atoms with Crippen LogP contribution in [0.15, 0.2) is 77.7 Å². The molecule has 0 bridgehead atoms. The van der Waals surface area contributed by atoms with Crippen LogP contribution in [0.2, 0.25) is 0 Å². The molecule has 0 radical (unpaired) electrons. The van der Waals surface area contributed by atoms with Gasteiger partial charge in [-0.3, -0.25) is 4.79 Å². The monoisotopic (exact) mass is 391 g/mol. The quantitative estimate of drug-likeness (QED) is 0.617. The molecule has 1 atom stereocenters. The average Bonchev–Trinajstić information content (AvgIpc) is 2.74. The van der Waals surface area contributed by atoms with Crippen LogP contribution in [0.1, 0.15) is 11.1 Å². The summed E-state index contributed by atoms with van der Waals surface area (Å²) in [4.78, 5) is 13.8. The van der Waals surface area contributed by atoms with Crippen molar-refractivity contribution in [3.05, 3.63) is 83.9 Å². The lowest BCUT2D eigenvalue weighted by Gasteiger charge is -2.25. The van der Waals surface area contributed by atoms with Crippen LogP contribution < -0.4 is 14.8 Å². The fourth-order valence-corrected chi connectivity index (χ4v) is 3.86. The lowest BCUT2D eigenvalue weighted by Crippen LogP contribution is -2.40. The number of aryl methyl sites for hydroxylation is 1. The van der Waals surface area contributed by atoms with Crippen LogP contribution in [0.5, 0.6) is 11.5 Å². The van der Waals surface area contributed by atoms with Gasteiger partial charge in [0.1, 0.15) is 6.61 Å². The Morgan fingerprint density at radius 1 is 1.04 bits per heavy atom. The molecule has 1 heterocycles. The standard InChI is InChI=1S/C23H21NO3S/c1-16-13-17(15-28-18-7-3-2-4-8-18)11-12-19(16)24-23(25)22-14-26-20-9-5-6-10-21(20)27-22/h2-13,22H,14-15H2,1H3,(H,24,25). The molecule has 4 nitrogen and oxygen atoms in total. The molecule has 5 heteroatoms. The van der Waals surface area contributed by atoms with Gasteiger partial charge < -0.3 is 14.8 Å². The number of thioether (sulfide) groups is 1. The second kappa shape index (κ2) is 8.40. The largest absolute Gasteiger partial charge is 0.485 e. The Balaban J connectivity index is 1.37. The summed E-state index contributed by atoms with van der Waals surface area (Å²) in [5, 5.41) is 2.96. The summed E-state index contributed by atoms with van der Waals surface area (Å²) in [5.41, 5.74) is 3.04. The first-order valence-electron chi connectivity index (χ1n) is 9.16. The van der Waals surface area contributed by atoms with E-state index in [9.17, 15) is 4.79 Å². The number of carbonyl (C=O) groups excluding carboxylic acids is 1. The number of hydrogen-bond donors (Lipinski definition) is 1. The van der Waals surface area contributed by atoms with E-state index in [0.717, 1.165) is 17.0 Å². The molecule has 0 spiro atoms. The zero-order chi connectivity index (χ0) is 19.3. The molecule has 3 aromatic carbocycles. The van der Waals surface area contributed by atoms with Gasteiger partial charge in [0.15, 0.2) is 11.5 Å². The lowest BCUT2D eigenvalue weighted by atomic mass is 10.1. The van der Waals surface area contributed by atoms with Gasteiger partial charge in [-0.1, -0.05) is 42.5 Å². The number of para-hydroxylation sites is 2. The molecule has 0 saturated heterocycles. The van der Waals surface area contributed by atoms with Crippen molar-refractivity contribution in [1.82, 2.24) is 0 Å². The highest BCUT2D eigenvalue weighted by molar-refractivity contribution is 7.98. The Hall–Kier alpha value is -2.92. The summed E-state index contributed by atoms with van der Waals surface area (Å²) in [6.45, 7) is 2.20. The van der Waals surface area contributed by atoms with E-state index >= 15 is 0 Å². The van der Waals surface area contributed by atoms with E-state index in [1.54, 1.807) is 17.8 Å². The number of rotatable bonds is 5. The fourth-order valence-electron chi connectivity index (χ4n) is 3.00. The molecular formula is C23H21NO3S. The first-order valence-corrected chi connectivity index (χ1v) is 10.1. The summed E-state index contributed by atoms with van der Waals surface area (Å²) >= 11 is 1.79. The Morgan fingerprint density at radius 3 is 2.57 bits per heavy atom. The number of benzene rings is 3. The molecule has 0 saturated carbocycles. The van der Waals surface area contributed by atoms with Gasteiger partial charge in [-0.15, -0.1) is 11.8 Å². The smallest absolute Gasteiger partial charge is 0.269 e. The van der Waals surface area contributed by atoms with Gasteiger partial charge >= 0.3 is 0 Å². The predicted molar refractivity (Wildman–Crippen MR) is 112 cm³/mol. The number of fused-ring (bicyclic) bond motifs is 1. The van der Waals surface area contributed by atoms with Crippen molar-refractivity contribution in [3.63, 3.8) is 0 Å². The number of nitrogens with one attached hydrogen (secondary N) is 1. The van der Waals surface area contributed by atoms with Crippen molar-refractivity contribution in [2.24, 2.45) is 0 Å². The highest BCUT2D eigenvalue weighted by atomic mass is 32.2. The van der Waals surface area contributed by atoms with Crippen LogP contribution in [0.4, 0.5) is 5.69 Å². The Kier molecular flexibility index (Phi) is 5.53. The van der Waals surface area contributed by atoms with Crippen LogP contribution >= 0.6 is 11.8 Å². The Labute approximate surface area is 168 Å². The van der Waals surface area contributed by atoms with E-state index in [2.05, 4.69) is 23.5 Å². The number of amides is 1. The normalized spacial score (nSPS) is 15.1. The summed E-state index contributed by atoms with van der Waals surface area (Å²) in [6.07, 6.45) is -0.664. The molecule has 28 heavy (non-hydrogen) atoms. The third-order valence-electron chi connectivity index (χ3n) is 4.50. The molecule has 0 aromatic heterocycles. The van der Waals surface area contributed by atoms with E-state index < -0.39 is 6.10 Å². The molecule has 1 amide bonds. The summed E-state index contributed by atoms with van der Waals surface area (Å²) in [6, 6.07) is 23.8. The summed E-state index contributed by atoms with van der Waals surface area (Å²) in [7, 11) is 0. The maximum atomic E-state index is 12.6. The molecule has 1 N–H and O–H groups in total. The predicted octanol–water partition coefficient (Wildman–Crippen LogP) is 5.07. The van der Waals surface area contributed by atoms with Gasteiger partial charge in [-0.05, 0) is 48.4 Å². The van der Waals surface area contributed by atoms with Crippen LogP contribution in [0.3, 0.4) is 0 Å². The number of anilines is 1. The van der Waals surface area contributed by atoms with E-state index in [1.165, 1.54) is 10.5 Å². The van der Waals surface area contributed by atoms with Crippen LogP contribution in [-0.2, 0) is 10.5 Å². The Morgan fingerprint density at radius 2 is 1.79 bits per heavy atom. The zero-order valence-electron chi connectivity index (χ0n) is 15.6. The first-order chi connectivity index (χ1) is 13.7. The molecule has 142 valence electrons. The fraction of sp³-hybridized carbons (Fsp3) is 0.174. The van der Waals surface area contributed by atoms with Gasteiger partial charge in [0.2, 0.25) is 6.10 Å². The van der Waals surface area contributed by atoms with E-state index in [-0.39, 0.29) is 12.5 Å². The second-order valence-corrected chi connectivity index (χ2v) is 7.65. The van der Waals surface area contributed by atoms with Gasteiger partial charge in [0, 0.05) is 16.3 Å². The third-order valence-corrected chi connectivity index (χ3v) is 5.58. The van der Waals surface area contributed by atoms with Crippen molar-refractivity contribution < 1.29 is 14.3 Å². The maximum absolute atomic E-state index is 12.6. The maximum Gasteiger partial charge on any atom is 0.269 e. The SMILES string of the molecule is Cc1cc(CSc2ccccc2)ccc1NC(=O)C1COc2ccccc2O1. The zero-order valence-corrected chi connectivity index (χ0v) is 16.4. The van der Waals surface area contributed by atoms with Crippen molar-refractivity contribution in [2.45, 2.75) is 23.7 Å². The van der Waals surface area contributed by atoms with Gasteiger partial charge in [0.05, 0.1) is 0 Å². The number of carbonyl (C=O) groups is 1. The van der Waals surface area contributed by atoms with Gasteiger partial charge in [-0.25, -0.2) is 0 Å². The highest BCUT2D eigenvalue weighted by Crippen LogP contribution is 2.31. The van der Waals surface area contributed by atoms with Gasteiger partial charge in [-0.2, -0.15) is 0 Å². The molecule has 0 aliphatic carbocycles. The second-order valence-electron chi connectivity index (χ2n) is 6.60. The lowest BCUT2D eigenvalue weighted by molar-refractivity contribution is -0.125. The number of hydrogen-bond acceptors (Lipinski definition) is 4. The topological polar surface area (TPSA) is 47.6 Å². The van der Waals surface area contributed by atoms with Gasteiger partial charge in [0.25, 0.3) is 5.91 Å². The van der Waals surface area contributed by atoms with Crippen LogP contribution in [0, 0.1) is 6.92 Å². The van der Waals surface area contributed by atoms with Crippen LogP contribution in [-0.4, -0.2) is 18.6 Å². The molecule has 0 fully saturated rings. The molecule has 4 rings (SSSR count). The number of ether oxygens (including phenoxy) is 2. The van der Waals surface area contributed by atoms with Crippen LogP contribution in [0.25, 0.3) is 0 Å². The van der Waals surface area contributed by atoms with E-state index in [0.29, 0.717) is 11.5 Å². The van der Waals surface area contributed by atoms with Crippen molar-refractivity contribution in [1.29, 1.82) is 0 Å². The van der Waals surface area contributed by atoms with Crippen molar-refractivity contribution in [2.75, 3.05) is 11.9 Å². The molecule has 3 aromatic rings. The summed E-state index contributed by atoms with van der Waals surface area (Å²) < 4.78 is 11.4. The minimum Gasteiger partial charge on any atom is -0.485 e. The molecular weight excluding hydrogens is 370 g/mol. The highest BCUT2D eigenvalue weighted by Gasteiger charge is 2.27. The van der Waals surface area contributed by atoms with E-state index in [1.807, 2.05) is 55.5 Å². The first kappa shape index (κ1) is 18.4. The molecule has 1 aliphatic heterocycles. The summed E-state index contributed by atoms with van der Waals surface area (Å²) in [5.74, 6) is 1.95. The van der Waals surface area contributed by atoms with Crippen molar-refractivity contribution in [3.8, 4) is 11.5 Å². The van der Waals surface area contributed by atoms with E-state index in [4.69, 9.17) is 9.47 Å².